The van der Waals surface area contributed by atoms with Gasteiger partial charge < -0.3 is 10.6 Å². The number of thiocarbonyl (C=S) groups is 1. The number of rotatable bonds is 5. The Morgan fingerprint density at radius 2 is 1.89 bits per heavy atom. The van der Waals surface area contributed by atoms with Crippen molar-refractivity contribution in [3.8, 4) is 0 Å². The van der Waals surface area contributed by atoms with Gasteiger partial charge in [-0.15, -0.1) is 0 Å². The number of benzene rings is 1. The van der Waals surface area contributed by atoms with Crippen molar-refractivity contribution in [3.63, 3.8) is 0 Å². The molecule has 0 radical (unpaired) electrons. The summed E-state index contributed by atoms with van der Waals surface area (Å²) in [5.41, 5.74) is 6.04. The molecule has 0 aromatic heterocycles. The summed E-state index contributed by atoms with van der Waals surface area (Å²) >= 11 is 4.94. The van der Waals surface area contributed by atoms with Crippen LogP contribution in [0, 0.1) is 5.41 Å². The van der Waals surface area contributed by atoms with Gasteiger partial charge in [0.05, 0.1) is 10.4 Å². The van der Waals surface area contributed by atoms with E-state index in [1.165, 1.54) is 5.56 Å². The molecule has 0 aliphatic carbocycles. The largest absolute Gasteiger partial charge is 0.392 e. The Bertz CT molecular complexity index is 429. The zero-order valence-electron chi connectivity index (χ0n) is 11.1. The lowest BCUT2D eigenvalue weighted by Gasteiger charge is -2.28. The lowest BCUT2D eigenvalue weighted by Crippen LogP contribution is -2.46. The molecule has 0 unspecified atom stereocenters. The number of nitrogens with zero attached hydrogens (tertiary/aromatic N) is 1. The third-order valence-electron chi connectivity index (χ3n) is 3.08. The fourth-order valence-corrected chi connectivity index (χ4v) is 1.71. The number of hydrogen-bond acceptors (Lipinski definition) is 2. The molecule has 0 saturated heterocycles. The molecule has 0 saturated carbocycles. The molecule has 1 rings (SSSR count). The average Bonchev–Trinajstić information content (AvgIpc) is 2.36. The zero-order valence-corrected chi connectivity index (χ0v) is 12.0. The summed E-state index contributed by atoms with van der Waals surface area (Å²) in [6.07, 6.45) is 0.830. The fraction of sp³-hybridized carbons (Fsp3) is 0.429. The van der Waals surface area contributed by atoms with Crippen molar-refractivity contribution in [2.45, 2.75) is 20.3 Å². The highest BCUT2D eigenvalue weighted by Gasteiger charge is 2.33. The van der Waals surface area contributed by atoms with Crippen LogP contribution < -0.4 is 5.73 Å². The van der Waals surface area contributed by atoms with Crippen LogP contribution in [0.2, 0.25) is 0 Å². The van der Waals surface area contributed by atoms with Crippen molar-refractivity contribution in [2.75, 3.05) is 13.6 Å². The molecule has 98 valence electrons. The number of nitrogens with two attached hydrogens (primary N) is 1. The topological polar surface area (TPSA) is 46.3 Å². The third-order valence-corrected chi connectivity index (χ3v) is 3.59. The normalized spacial score (nSPS) is 11.1. The van der Waals surface area contributed by atoms with Crippen LogP contribution in [0.4, 0.5) is 0 Å². The molecule has 0 fully saturated rings. The molecule has 1 aromatic carbocycles. The van der Waals surface area contributed by atoms with Crippen LogP contribution in [0.1, 0.15) is 19.4 Å². The van der Waals surface area contributed by atoms with Crippen molar-refractivity contribution in [3.05, 3.63) is 35.9 Å². The first-order valence-electron chi connectivity index (χ1n) is 5.95. The monoisotopic (exact) mass is 264 g/mol. The van der Waals surface area contributed by atoms with Gasteiger partial charge in [-0.3, -0.25) is 4.79 Å². The van der Waals surface area contributed by atoms with Crippen LogP contribution in [-0.2, 0) is 11.2 Å². The SMILES string of the molecule is CN(CCc1ccccc1)C(=O)C(C)(C)C(N)=S. The predicted molar refractivity (Wildman–Crippen MR) is 78.3 cm³/mol. The van der Waals surface area contributed by atoms with Crippen molar-refractivity contribution < 1.29 is 4.79 Å². The van der Waals surface area contributed by atoms with E-state index < -0.39 is 5.41 Å². The number of carbonyl (C=O) groups excluding carboxylic acids is 1. The first-order chi connectivity index (χ1) is 8.35. The molecule has 0 aliphatic heterocycles. The maximum atomic E-state index is 12.2. The van der Waals surface area contributed by atoms with Gasteiger partial charge in [0.15, 0.2) is 0 Å². The second kappa shape index (κ2) is 5.96. The molecule has 2 N–H and O–H groups in total. The minimum Gasteiger partial charge on any atom is -0.392 e. The number of likely N-dealkylation sites (N-methyl/N-ethyl adjacent to an activating group) is 1. The van der Waals surface area contributed by atoms with Gasteiger partial charge in [0, 0.05) is 13.6 Å². The van der Waals surface area contributed by atoms with Crippen LogP contribution in [0.25, 0.3) is 0 Å². The van der Waals surface area contributed by atoms with Gasteiger partial charge in [0.2, 0.25) is 5.91 Å². The van der Waals surface area contributed by atoms with Crippen molar-refractivity contribution in [2.24, 2.45) is 11.1 Å². The van der Waals surface area contributed by atoms with Gasteiger partial charge in [-0.25, -0.2) is 0 Å². The van der Waals surface area contributed by atoms with E-state index in [-0.39, 0.29) is 10.9 Å². The van der Waals surface area contributed by atoms with Gasteiger partial charge in [-0.2, -0.15) is 0 Å². The Labute approximate surface area is 114 Å². The summed E-state index contributed by atoms with van der Waals surface area (Å²) in [6, 6.07) is 10.1. The van der Waals surface area contributed by atoms with Crippen molar-refractivity contribution in [1.82, 2.24) is 4.90 Å². The molecular weight excluding hydrogens is 244 g/mol. The first-order valence-corrected chi connectivity index (χ1v) is 6.36. The molecule has 1 amide bonds. The fourth-order valence-electron chi connectivity index (χ4n) is 1.63. The highest BCUT2D eigenvalue weighted by molar-refractivity contribution is 7.80. The highest BCUT2D eigenvalue weighted by atomic mass is 32.1. The maximum absolute atomic E-state index is 12.2. The van der Waals surface area contributed by atoms with Crippen LogP contribution in [-0.4, -0.2) is 29.4 Å². The standard InChI is InChI=1S/C14H20N2OS/c1-14(2,12(15)18)13(17)16(3)10-9-11-7-5-4-6-8-11/h4-8H,9-10H2,1-3H3,(H2,15,18). The second-order valence-corrected chi connectivity index (χ2v) is 5.39. The molecule has 0 aliphatic rings. The van der Waals surface area contributed by atoms with Crippen LogP contribution >= 0.6 is 12.2 Å². The molecule has 4 heteroatoms. The molecule has 18 heavy (non-hydrogen) atoms. The molecule has 0 spiro atoms. The summed E-state index contributed by atoms with van der Waals surface area (Å²) < 4.78 is 0. The van der Waals surface area contributed by atoms with Gasteiger partial charge >= 0.3 is 0 Å². The van der Waals surface area contributed by atoms with Crippen LogP contribution in [0.15, 0.2) is 30.3 Å². The minimum absolute atomic E-state index is 0.0362. The highest BCUT2D eigenvalue weighted by Crippen LogP contribution is 2.18. The van der Waals surface area contributed by atoms with E-state index in [0.717, 1.165) is 6.42 Å². The van der Waals surface area contributed by atoms with E-state index in [1.54, 1.807) is 25.8 Å². The molecular formula is C14H20N2OS. The van der Waals surface area contributed by atoms with Crippen LogP contribution in [0.3, 0.4) is 0 Å². The minimum atomic E-state index is -0.777. The lowest BCUT2D eigenvalue weighted by molar-refractivity contribution is -0.135. The van der Waals surface area contributed by atoms with Gasteiger partial charge in [-0.1, -0.05) is 42.5 Å². The maximum Gasteiger partial charge on any atom is 0.234 e. The van der Waals surface area contributed by atoms with E-state index in [2.05, 4.69) is 12.1 Å². The summed E-state index contributed by atoms with van der Waals surface area (Å²) in [5, 5.41) is 0. The van der Waals surface area contributed by atoms with E-state index in [9.17, 15) is 4.79 Å². The summed E-state index contributed by atoms with van der Waals surface area (Å²) in [6.45, 7) is 4.18. The Morgan fingerprint density at radius 3 is 2.39 bits per heavy atom. The summed E-state index contributed by atoms with van der Waals surface area (Å²) in [7, 11) is 1.78. The molecule has 0 bridgehead atoms. The van der Waals surface area contributed by atoms with E-state index in [1.807, 2.05) is 18.2 Å². The molecule has 1 aromatic rings. The Morgan fingerprint density at radius 1 is 1.33 bits per heavy atom. The Hall–Kier alpha value is -1.42. The number of carbonyl (C=O) groups is 1. The summed E-state index contributed by atoms with van der Waals surface area (Å²) in [5.74, 6) is -0.0362. The number of hydrogen-bond donors (Lipinski definition) is 1. The zero-order chi connectivity index (χ0) is 13.8. The smallest absolute Gasteiger partial charge is 0.234 e. The first kappa shape index (κ1) is 14.6. The van der Waals surface area contributed by atoms with E-state index in [0.29, 0.717) is 6.54 Å². The molecule has 0 heterocycles. The summed E-state index contributed by atoms with van der Waals surface area (Å²) in [4.78, 5) is 14.1. The third kappa shape index (κ3) is 3.53. The van der Waals surface area contributed by atoms with Gasteiger partial charge in [-0.05, 0) is 25.8 Å². The molecule has 0 atom stereocenters. The predicted octanol–water partition coefficient (Wildman–Crippen LogP) is 2.00. The van der Waals surface area contributed by atoms with Gasteiger partial charge in [0.1, 0.15) is 0 Å². The van der Waals surface area contributed by atoms with Crippen molar-refractivity contribution in [1.29, 1.82) is 0 Å². The molecule has 3 nitrogen and oxygen atoms in total. The average molecular weight is 264 g/mol. The second-order valence-electron chi connectivity index (χ2n) is 4.95. The van der Waals surface area contributed by atoms with Crippen molar-refractivity contribution >= 4 is 23.1 Å². The van der Waals surface area contributed by atoms with Gasteiger partial charge in [0.25, 0.3) is 0 Å². The Balaban J connectivity index is 2.59. The quantitative estimate of drug-likeness (QED) is 0.827. The van der Waals surface area contributed by atoms with E-state index in [4.69, 9.17) is 18.0 Å². The number of amides is 1. The Kier molecular flexibility index (Phi) is 4.84. The van der Waals surface area contributed by atoms with Crippen LogP contribution in [0.5, 0.6) is 0 Å². The van der Waals surface area contributed by atoms with E-state index >= 15 is 0 Å². The lowest BCUT2D eigenvalue weighted by atomic mass is 9.91.